The second kappa shape index (κ2) is 11.7. The molecule has 178 valence electrons. The van der Waals surface area contributed by atoms with Crippen molar-refractivity contribution in [1.29, 1.82) is 5.26 Å². The number of carbonyl (C=O) groups is 1. The van der Waals surface area contributed by atoms with Crippen molar-refractivity contribution in [3.05, 3.63) is 47.4 Å². The Labute approximate surface area is 203 Å². The molecule has 10 nitrogen and oxygen atoms in total. The smallest absolute Gasteiger partial charge is 0.270 e. The number of nitrogens with one attached hydrogen (secondary N) is 2. The fourth-order valence-electron chi connectivity index (χ4n) is 4.02. The minimum atomic E-state index is -0.175. The number of nitriles is 1. The SMILES string of the molecule is Cc1cc(Nc2nc(C(=O)NCCCCn3ccnc3)cs2)nc([C@H]2CCCN(CC#N)C2)n1. The van der Waals surface area contributed by atoms with Gasteiger partial charge in [-0.15, -0.1) is 11.3 Å². The number of unbranched alkanes of at least 4 members (excludes halogenated alkanes) is 1. The van der Waals surface area contributed by atoms with Gasteiger partial charge < -0.3 is 15.2 Å². The highest BCUT2D eigenvalue weighted by atomic mass is 32.1. The Morgan fingerprint density at radius 2 is 2.24 bits per heavy atom. The van der Waals surface area contributed by atoms with Gasteiger partial charge in [0, 0.05) is 55.1 Å². The lowest BCUT2D eigenvalue weighted by Gasteiger charge is -2.30. The molecular formula is C23H29N9OS. The molecule has 11 heteroatoms. The van der Waals surface area contributed by atoms with E-state index in [1.807, 2.05) is 23.8 Å². The van der Waals surface area contributed by atoms with Crippen LogP contribution in [0.25, 0.3) is 0 Å². The third kappa shape index (κ3) is 6.59. The lowest BCUT2D eigenvalue weighted by atomic mass is 9.97. The number of rotatable bonds is 10. The molecule has 3 aromatic rings. The van der Waals surface area contributed by atoms with Gasteiger partial charge in [0.1, 0.15) is 17.3 Å². The zero-order chi connectivity index (χ0) is 23.8. The van der Waals surface area contributed by atoms with E-state index < -0.39 is 0 Å². The molecule has 0 aliphatic carbocycles. The molecule has 0 aromatic carbocycles. The van der Waals surface area contributed by atoms with E-state index in [1.165, 1.54) is 11.3 Å². The van der Waals surface area contributed by atoms with E-state index in [9.17, 15) is 4.79 Å². The number of aromatic nitrogens is 5. The number of carbonyl (C=O) groups excluding carboxylic acids is 1. The summed E-state index contributed by atoms with van der Waals surface area (Å²) in [5, 5.41) is 17.5. The van der Waals surface area contributed by atoms with Gasteiger partial charge in [-0.3, -0.25) is 9.69 Å². The number of hydrogen-bond acceptors (Lipinski definition) is 9. The molecule has 34 heavy (non-hydrogen) atoms. The molecule has 1 aliphatic rings. The third-order valence-electron chi connectivity index (χ3n) is 5.70. The van der Waals surface area contributed by atoms with Gasteiger partial charge in [-0.25, -0.2) is 19.9 Å². The number of likely N-dealkylation sites (tertiary alicyclic amines) is 1. The van der Waals surface area contributed by atoms with Crippen molar-refractivity contribution in [1.82, 2.24) is 34.7 Å². The zero-order valence-corrected chi connectivity index (χ0v) is 20.1. The highest BCUT2D eigenvalue weighted by molar-refractivity contribution is 7.14. The van der Waals surface area contributed by atoms with Crippen molar-refractivity contribution in [2.45, 2.75) is 45.1 Å². The van der Waals surface area contributed by atoms with Crippen LogP contribution in [-0.2, 0) is 6.54 Å². The van der Waals surface area contributed by atoms with Crippen LogP contribution in [0.1, 0.15) is 53.6 Å². The number of imidazole rings is 1. The Morgan fingerprint density at radius 1 is 1.32 bits per heavy atom. The summed E-state index contributed by atoms with van der Waals surface area (Å²) in [5.74, 6) is 1.48. The van der Waals surface area contributed by atoms with Crippen molar-refractivity contribution in [2.75, 3.05) is 31.5 Å². The second-order valence-corrected chi connectivity index (χ2v) is 9.27. The molecule has 0 bridgehead atoms. The first kappa shape index (κ1) is 23.8. The van der Waals surface area contributed by atoms with Crippen LogP contribution in [0.2, 0.25) is 0 Å². The molecule has 2 N–H and O–H groups in total. The lowest BCUT2D eigenvalue weighted by Crippen LogP contribution is -2.35. The van der Waals surface area contributed by atoms with Crippen LogP contribution in [0, 0.1) is 18.3 Å². The van der Waals surface area contributed by atoms with Crippen LogP contribution in [0.4, 0.5) is 10.9 Å². The zero-order valence-electron chi connectivity index (χ0n) is 19.3. The first-order valence-corrected chi connectivity index (χ1v) is 12.4. The summed E-state index contributed by atoms with van der Waals surface area (Å²) in [6, 6.07) is 4.11. The number of nitrogens with zero attached hydrogens (tertiary/aromatic N) is 7. The number of thiazole rings is 1. The van der Waals surface area contributed by atoms with Gasteiger partial charge in [0.2, 0.25) is 0 Å². The van der Waals surface area contributed by atoms with Gasteiger partial charge in [0.15, 0.2) is 5.13 Å². The Morgan fingerprint density at radius 3 is 3.06 bits per heavy atom. The molecular weight excluding hydrogens is 450 g/mol. The summed E-state index contributed by atoms with van der Waals surface area (Å²) in [6.07, 6.45) is 9.38. The number of anilines is 2. The Bertz CT molecular complexity index is 1120. The standard InChI is InChI=1S/C23H29N9OS/c1-17-13-20(29-21(27-17)18-5-4-10-31(14-18)11-6-24)30-23-28-19(15-34-23)22(33)26-7-2-3-9-32-12-8-25-16-32/h8,12-13,15-16,18H,2-5,7,9-11,14H2,1H3,(H,26,33)(H,27,28,29,30)/t18-/m0/s1. The first-order valence-electron chi connectivity index (χ1n) is 11.5. The fraction of sp³-hybridized carbons (Fsp3) is 0.478. The van der Waals surface area contributed by atoms with Crippen LogP contribution < -0.4 is 10.6 Å². The largest absolute Gasteiger partial charge is 0.351 e. The molecule has 1 amide bonds. The minimum absolute atomic E-state index is 0.175. The summed E-state index contributed by atoms with van der Waals surface area (Å²) in [6.45, 7) is 5.60. The molecule has 0 unspecified atom stereocenters. The predicted molar refractivity (Wildman–Crippen MR) is 130 cm³/mol. The predicted octanol–water partition coefficient (Wildman–Crippen LogP) is 3.09. The Balaban J connectivity index is 1.30. The van der Waals surface area contributed by atoms with Crippen molar-refractivity contribution < 1.29 is 4.79 Å². The summed E-state index contributed by atoms with van der Waals surface area (Å²) < 4.78 is 2.02. The maximum absolute atomic E-state index is 12.4. The second-order valence-electron chi connectivity index (χ2n) is 8.41. The number of piperidine rings is 1. The molecule has 0 radical (unpaired) electrons. The van der Waals surface area contributed by atoms with Crippen LogP contribution >= 0.6 is 11.3 Å². The summed E-state index contributed by atoms with van der Waals surface area (Å²) in [7, 11) is 0. The third-order valence-corrected chi connectivity index (χ3v) is 6.45. The van der Waals surface area contributed by atoms with Gasteiger partial charge in [0.05, 0.1) is 18.9 Å². The molecule has 0 spiro atoms. The summed E-state index contributed by atoms with van der Waals surface area (Å²) in [4.78, 5) is 32.4. The normalized spacial score (nSPS) is 16.2. The van der Waals surface area contributed by atoms with E-state index in [2.05, 4.69) is 36.6 Å². The average Bonchev–Trinajstić information content (AvgIpc) is 3.51. The average molecular weight is 480 g/mol. The fourth-order valence-corrected chi connectivity index (χ4v) is 4.72. The highest BCUT2D eigenvalue weighted by Crippen LogP contribution is 2.27. The summed E-state index contributed by atoms with van der Waals surface area (Å²) in [5.41, 5.74) is 1.27. The Kier molecular flexibility index (Phi) is 8.17. The monoisotopic (exact) mass is 479 g/mol. The van der Waals surface area contributed by atoms with E-state index >= 15 is 0 Å². The van der Waals surface area contributed by atoms with Crippen molar-refractivity contribution in [2.24, 2.45) is 0 Å². The number of amides is 1. The molecule has 4 heterocycles. The first-order chi connectivity index (χ1) is 16.6. The van der Waals surface area contributed by atoms with E-state index in [-0.39, 0.29) is 11.8 Å². The lowest BCUT2D eigenvalue weighted by molar-refractivity contribution is 0.0948. The van der Waals surface area contributed by atoms with Gasteiger partial charge in [-0.1, -0.05) is 0 Å². The quantitative estimate of drug-likeness (QED) is 0.336. The Hall–Kier alpha value is -3.36. The molecule has 1 aliphatic heterocycles. The van der Waals surface area contributed by atoms with Gasteiger partial charge in [0.25, 0.3) is 5.91 Å². The topological polar surface area (TPSA) is 125 Å². The van der Waals surface area contributed by atoms with Gasteiger partial charge in [-0.2, -0.15) is 5.26 Å². The highest BCUT2D eigenvalue weighted by Gasteiger charge is 2.24. The molecule has 1 saturated heterocycles. The molecule has 3 aromatic heterocycles. The molecule has 1 atom stereocenters. The van der Waals surface area contributed by atoms with E-state index in [4.69, 9.17) is 10.2 Å². The number of aryl methyl sites for hydroxylation is 2. The van der Waals surface area contributed by atoms with Crippen LogP contribution in [0.3, 0.4) is 0 Å². The van der Waals surface area contributed by atoms with Crippen molar-refractivity contribution in [3.8, 4) is 6.07 Å². The van der Waals surface area contributed by atoms with E-state index in [1.54, 1.807) is 17.9 Å². The molecule has 1 fully saturated rings. The summed E-state index contributed by atoms with van der Waals surface area (Å²) >= 11 is 1.37. The van der Waals surface area contributed by atoms with Crippen LogP contribution in [-0.4, -0.2) is 61.5 Å². The van der Waals surface area contributed by atoms with Crippen LogP contribution in [0.5, 0.6) is 0 Å². The minimum Gasteiger partial charge on any atom is -0.351 e. The van der Waals surface area contributed by atoms with Gasteiger partial charge >= 0.3 is 0 Å². The molecule has 0 saturated carbocycles. The van der Waals surface area contributed by atoms with Crippen molar-refractivity contribution in [3.63, 3.8) is 0 Å². The maximum Gasteiger partial charge on any atom is 0.270 e. The van der Waals surface area contributed by atoms with Crippen LogP contribution in [0.15, 0.2) is 30.2 Å². The van der Waals surface area contributed by atoms with E-state index in [0.29, 0.717) is 29.7 Å². The molecule has 4 rings (SSSR count). The maximum atomic E-state index is 12.4. The number of hydrogen-bond donors (Lipinski definition) is 2. The van der Waals surface area contributed by atoms with E-state index in [0.717, 1.165) is 56.8 Å². The van der Waals surface area contributed by atoms with Gasteiger partial charge in [-0.05, 0) is 39.2 Å². The van der Waals surface area contributed by atoms with Crippen molar-refractivity contribution >= 4 is 28.2 Å².